The van der Waals surface area contributed by atoms with Crippen LogP contribution in [0.5, 0.6) is 11.5 Å². The van der Waals surface area contributed by atoms with E-state index in [9.17, 15) is 5.11 Å². The highest BCUT2D eigenvalue weighted by Crippen LogP contribution is 2.24. The molecule has 0 fully saturated rings. The van der Waals surface area contributed by atoms with Crippen molar-refractivity contribution >= 4 is 11.8 Å². The Labute approximate surface area is 163 Å². The Morgan fingerprint density at radius 2 is 1.74 bits per heavy atom. The van der Waals surface area contributed by atoms with Crippen molar-refractivity contribution in [2.75, 3.05) is 19.5 Å². The third-order valence-corrected chi connectivity index (χ3v) is 4.80. The van der Waals surface area contributed by atoms with Gasteiger partial charge < -0.3 is 14.6 Å². The first-order valence-electron chi connectivity index (χ1n) is 8.63. The molecule has 0 unspecified atom stereocenters. The summed E-state index contributed by atoms with van der Waals surface area (Å²) in [6.07, 6.45) is -0.608. The van der Waals surface area contributed by atoms with E-state index < -0.39 is 6.10 Å². The average Bonchev–Trinajstić information content (AvgIpc) is 2.71. The van der Waals surface area contributed by atoms with Crippen LogP contribution in [0.4, 0.5) is 0 Å². The fourth-order valence-electron chi connectivity index (χ4n) is 2.44. The molecule has 6 heteroatoms. The number of aryl methyl sites for hydroxylation is 1. The molecule has 1 atom stereocenters. The van der Waals surface area contributed by atoms with Crippen molar-refractivity contribution in [2.45, 2.75) is 18.2 Å². The van der Waals surface area contributed by atoms with E-state index in [4.69, 9.17) is 9.47 Å². The highest BCUT2D eigenvalue weighted by molar-refractivity contribution is 7.99. The van der Waals surface area contributed by atoms with Crippen molar-refractivity contribution in [3.05, 3.63) is 66.4 Å². The van der Waals surface area contributed by atoms with Gasteiger partial charge in [-0.2, -0.15) is 0 Å². The number of aromatic nitrogens is 2. The Morgan fingerprint density at radius 3 is 2.44 bits per heavy atom. The minimum absolute atomic E-state index is 0.230. The van der Waals surface area contributed by atoms with Crippen LogP contribution < -0.4 is 9.47 Å². The molecular formula is C21H22N2O3S. The molecule has 0 bridgehead atoms. The Hall–Kier alpha value is -2.57. The first-order valence-corrected chi connectivity index (χ1v) is 9.61. The van der Waals surface area contributed by atoms with Gasteiger partial charge in [0.1, 0.15) is 18.1 Å². The molecule has 1 heterocycles. The van der Waals surface area contributed by atoms with E-state index in [0.29, 0.717) is 10.9 Å². The largest absolute Gasteiger partial charge is 0.497 e. The molecule has 3 rings (SSSR count). The van der Waals surface area contributed by atoms with E-state index in [1.54, 1.807) is 7.11 Å². The molecule has 5 nitrogen and oxygen atoms in total. The number of hydrogen-bond acceptors (Lipinski definition) is 6. The SMILES string of the molecule is COc1ccc(-c2cc(C)nc(SC[C@H](O)COc3ccccc3)n2)cc1. The maximum absolute atomic E-state index is 10.2. The van der Waals surface area contributed by atoms with Crippen LogP contribution in [0.1, 0.15) is 5.69 Å². The monoisotopic (exact) mass is 382 g/mol. The summed E-state index contributed by atoms with van der Waals surface area (Å²) < 4.78 is 10.8. The molecule has 0 amide bonds. The normalized spacial score (nSPS) is 11.8. The van der Waals surface area contributed by atoms with Crippen LogP contribution in [0.2, 0.25) is 0 Å². The predicted molar refractivity (Wildman–Crippen MR) is 107 cm³/mol. The molecule has 0 aliphatic carbocycles. The smallest absolute Gasteiger partial charge is 0.188 e. The quantitative estimate of drug-likeness (QED) is 0.469. The van der Waals surface area contributed by atoms with Gasteiger partial charge in [0.2, 0.25) is 0 Å². The first-order chi connectivity index (χ1) is 13.1. The minimum atomic E-state index is -0.608. The summed E-state index contributed by atoms with van der Waals surface area (Å²) in [6.45, 7) is 2.17. The summed E-state index contributed by atoms with van der Waals surface area (Å²) in [4.78, 5) is 9.07. The third kappa shape index (κ3) is 5.70. The number of thioether (sulfide) groups is 1. The van der Waals surface area contributed by atoms with Crippen molar-refractivity contribution in [1.29, 1.82) is 0 Å². The molecular weight excluding hydrogens is 360 g/mol. The van der Waals surface area contributed by atoms with E-state index in [1.807, 2.05) is 67.6 Å². The van der Waals surface area contributed by atoms with Gasteiger partial charge in [0, 0.05) is 17.0 Å². The van der Waals surface area contributed by atoms with Gasteiger partial charge in [-0.05, 0) is 49.4 Å². The summed E-state index contributed by atoms with van der Waals surface area (Å²) in [7, 11) is 1.64. The molecule has 27 heavy (non-hydrogen) atoms. The molecule has 0 radical (unpaired) electrons. The molecule has 0 aliphatic heterocycles. The van der Waals surface area contributed by atoms with Crippen LogP contribution >= 0.6 is 11.8 Å². The second-order valence-electron chi connectivity index (χ2n) is 5.99. The lowest BCUT2D eigenvalue weighted by Crippen LogP contribution is -2.20. The topological polar surface area (TPSA) is 64.5 Å². The van der Waals surface area contributed by atoms with Crippen LogP contribution in [-0.4, -0.2) is 40.6 Å². The Morgan fingerprint density at radius 1 is 1.00 bits per heavy atom. The van der Waals surface area contributed by atoms with E-state index in [-0.39, 0.29) is 6.61 Å². The lowest BCUT2D eigenvalue weighted by atomic mass is 10.1. The molecule has 3 aromatic rings. The number of para-hydroxylation sites is 1. The summed E-state index contributed by atoms with van der Waals surface area (Å²) >= 11 is 1.42. The van der Waals surface area contributed by atoms with Crippen molar-refractivity contribution in [3.8, 4) is 22.8 Å². The van der Waals surface area contributed by atoms with Crippen LogP contribution in [0.25, 0.3) is 11.3 Å². The van der Waals surface area contributed by atoms with E-state index in [0.717, 1.165) is 28.5 Å². The Balaban J connectivity index is 1.60. The van der Waals surface area contributed by atoms with Gasteiger partial charge in [-0.3, -0.25) is 0 Å². The Bertz CT molecular complexity index is 857. The van der Waals surface area contributed by atoms with Crippen LogP contribution in [0.15, 0.2) is 65.8 Å². The maximum atomic E-state index is 10.2. The van der Waals surface area contributed by atoms with Gasteiger partial charge in [0.25, 0.3) is 0 Å². The van der Waals surface area contributed by atoms with Crippen LogP contribution in [0, 0.1) is 6.92 Å². The van der Waals surface area contributed by atoms with E-state index in [2.05, 4.69) is 9.97 Å². The van der Waals surface area contributed by atoms with Crippen molar-refractivity contribution in [3.63, 3.8) is 0 Å². The predicted octanol–water partition coefficient (Wildman–Crippen LogP) is 3.99. The number of benzene rings is 2. The first kappa shape index (κ1) is 19.2. The van der Waals surface area contributed by atoms with Gasteiger partial charge in [-0.25, -0.2) is 9.97 Å². The number of nitrogens with zero attached hydrogens (tertiary/aromatic N) is 2. The zero-order valence-electron chi connectivity index (χ0n) is 15.3. The number of ether oxygens (including phenoxy) is 2. The molecule has 2 aromatic carbocycles. The highest BCUT2D eigenvalue weighted by atomic mass is 32.2. The molecule has 1 N–H and O–H groups in total. The maximum Gasteiger partial charge on any atom is 0.188 e. The molecule has 0 saturated heterocycles. The second-order valence-corrected chi connectivity index (χ2v) is 6.98. The summed E-state index contributed by atoms with van der Waals surface area (Å²) in [6, 6.07) is 19.2. The minimum Gasteiger partial charge on any atom is -0.497 e. The standard InChI is InChI=1S/C21H22N2O3S/c1-15-12-20(16-8-10-18(25-2)11-9-16)23-21(22-15)27-14-17(24)13-26-19-6-4-3-5-7-19/h3-12,17,24H,13-14H2,1-2H3/t17-/m1/s1. The summed E-state index contributed by atoms with van der Waals surface area (Å²) in [5.74, 6) is 2.01. The van der Waals surface area contributed by atoms with Gasteiger partial charge in [-0.1, -0.05) is 30.0 Å². The third-order valence-electron chi connectivity index (χ3n) is 3.81. The highest BCUT2D eigenvalue weighted by Gasteiger charge is 2.10. The van der Waals surface area contributed by atoms with Gasteiger partial charge >= 0.3 is 0 Å². The number of methoxy groups -OCH3 is 1. The van der Waals surface area contributed by atoms with Crippen LogP contribution in [-0.2, 0) is 0 Å². The lowest BCUT2D eigenvalue weighted by Gasteiger charge is -2.12. The van der Waals surface area contributed by atoms with Gasteiger partial charge in [0.05, 0.1) is 18.9 Å². The van der Waals surface area contributed by atoms with Crippen LogP contribution in [0.3, 0.4) is 0 Å². The summed E-state index contributed by atoms with van der Waals surface area (Å²) in [5.41, 5.74) is 2.73. The van der Waals surface area contributed by atoms with E-state index >= 15 is 0 Å². The summed E-state index contributed by atoms with van der Waals surface area (Å²) in [5, 5.41) is 10.8. The average molecular weight is 382 g/mol. The molecule has 0 spiro atoms. The van der Waals surface area contributed by atoms with Crippen molar-refractivity contribution in [1.82, 2.24) is 9.97 Å². The molecule has 1 aromatic heterocycles. The number of aliphatic hydroxyl groups is 1. The zero-order chi connectivity index (χ0) is 19.1. The van der Waals surface area contributed by atoms with Gasteiger partial charge in [-0.15, -0.1) is 0 Å². The zero-order valence-corrected chi connectivity index (χ0v) is 16.1. The molecule has 0 saturated carbocycles. The fraction of sp³-hybridized carbons (Fsp3) is 0.238. The lowest BCUT2D eigenvalue weighted by molar-refractivity contribution is 0.126. The van der Waals surface area contributed by atoms with E-state index in [1.165, 1.54) is 11.8 Å². The fourth-order valence-corrected chi connectivity index (χ4v) is 3.25. The number of hydrogen-bond donors (Lipinski definition) is 1. The van der Waals surface area contributed by atoms with Crippen molar-refractivity contribution in [2.24, 2.45) is 0 Å². The molecule has 140 valence electrons. The number of rotatable bonds is 8. The Kier molecular flexibility index (Phi) is 6.68. The number of aliphatic hydroxyl groups excluding tert-OH is 1. The van der Waals surface area contributed by atoms with Crippen molar-refractivity contribution < 1.29 is 14.6 Å². The second kappa shape index (κ2) is 9.39. The van der Waals surface area contributed by atoms with Gasteiger partial charge in [0.15, 0.2) is 5.16 Å². The molecule has 0 aliphatic rings.